The third kappa shape index (κ3) is 6.12. The van der Waals surface area contributed by atoms with Crippen LogP contribution < -0.4 is 4.72 Å². The number of rotatable bonds is 8. The Morgan fingerprint density at radius 2 is 1.85 bits per heavy atom. The zero-order valence-corrected chi connectivity index (χ0v) is 16.5. The number of nitrogens with zero attached hydrogens (tertiary/aromatic N) is 1. The number of hydrogen-bond donors (Lipinski definition) is 1. The molecule has 0 aliphatic carbocycles. The molecule has 140 valence electrons. The fraction of sp³-hybridized carbons (Fsp3) is 0.316. The van der Waals surface area contributed by atoms with Crippen molar-refractivity contribution in [2.45, 2.75) is 25.2 Å². The molecule has 5 nitrogen and oxygen atoms in total. The van der Waals surface area contributed by atoms with Crippen molar-refractivity contribution >= 4 is 27.5 Å². The van der Waals surface area contributed by atoms with Gasteiger partial charge in [-0.05, 0) is 48.7 Å². The van der Waals surface area contributed by atoms with Crippen molar-refractivity contribution in [2.24, 2.45) is 0 Å². The molecule has 0 aromatic heterocycles. The number of halogens is 1. The van der Waals surface area contributed by atoms with Gasteiger partial charge in [0.15, 0.2) is 0 Å². The topological polar surface area (TPSA) is 66.5 Å². The molecule has 0 aliphatic heterocycles. The van der Waals surface area contributed by atoms with Gasteiger partial charge in [-0.15, -0.1) is 0 Å². The van der Waals surface area contributed by atoms with Crippen LogP contribution in [-0.2, 0) is 21.2 Å². The summed E-state index contributed by atoms with van der Waals surface area (Å²) < 4.78 is 27.2. The van der Waals surface area contributed by atoms with Gasteiger partial charge >= 0.3 is 0 Å². The first kappa shape index (κ1) is 20.4. The van der Waals surface area contributed by atoms with E-state index in [4.69, 9.17) is 11.6 Å². The van der Waals surface area contributed by atoms with E-state index in [-0.39, 0.29) is 17.3 Å². The molecule has 0 atom stereocenters. The first-order valence-electron chi connectivity index (χ1n) is 8.34. The summed E-state index contributed by atoms with van der Waals surface area (Å²) >= 11 is 5.97. The van der Waals surface area contributed by atoms with Crippen LogP contribution >= 0.6 is 11.6 Å². The standard InChI is InChI=1S/C19H23ClN2O3S/c1-15-5-3-8-19(13-15)26(24,25)21-10-12-22(16(2)23)11-9-17-6-4-7-18(20)14-17/h3-8,13-14,21H,9-12H2,1-2H3. The SMILES string of the molecule is CC(=O)N(CCNS(=O)(=O)c1cccc(C)c1)CCc1cccc(Cl)c1. The molecular formula is C19H23ClN2O3S. The summed E-state index contributed by atoms with van der Waals surface area (Å²) in [6, 6.07) is 14.2. The number of sulfonamides is 1. The molecular weight excluding hydrogens is 372 g/mol. The van der Waals surface area contributed by atoms with Gasteiger partial charge in [-0.25, -0.2) is 13.1 Å². The van der Waals surface area contributed by atoms with E-state index in [9.17, 15) is 13.2 Å². The zero-order chi connectivity index (χ0) is 19.2. The van der Waals surface area contributed by atoms with E-state index in [1.54, 1.807) is 29.2 Å². The largest absolute Gasteiger partial charge is 0.341 e. The molecule has 0 heterocycles. The minimum absolute atomic E-state index is 0.0956. The number of carbonyl (C=O) groups is 1. The minimum Gasteiger partial charge on any atom is -0.341 e. The second-order valence-corrected chi connectivity index (χ2v) is 8.30. The maximum atomic E-state index is 12.3. The quantitative estimate of drug-likeness (QED) is 0.748. The van der Waals surface area contributed by atoms with Gasteiger partial charge in [-0.1, -0.05) is 35.9 Å². The minimum atomic E-state index is -3.58. The van der Waals surface area contributed by atoms with Crippen LogP contribution in [0, 0.1) is 6.92 Å². The predicted octanol–water partition coefficient (Wildman–Crippen LogP) is 3.02. The Bertz CT molecular complexity index is 869. The summed E-state index contributed by atoms with van der Waals surface area (Å²) in [5, 5.41) is 0.655. The number of nitrogens with one attached hydrogen (secondary N) is 1. The first-order valence-corrected chi connectivity index (χ1v) is 10.2. The summed E-state index contributed by atoms with van der Waals surface area (Å²) in [6.07, 6.45) is 0.658. The lowest BCUT2D eigenvalue weighted by Gasteiger charge is -2.21. The summed E-state index contributed by atoms with van der Waals surface area (Å²) in [5.74, 6) is -0.0956. The number of benzene rings is 2. The molecule has 0 radical (unpaired) electrons. The van der Waals surface area contributed by atoms with Crippen LogP contribution in [0.15, 0.2) is 53.4 Å². The monoisotopic (exact) mass is 394 g/mol. The maximum Gasteiger partial charge on any atom is 0.240 e. The van der Waals surface area contributed by atoms with Crippen molar-refractivity contribution in [1.29, 1.82) is 0 Å². The highest BCUT2D eigenvalue weighted by molar-refractivity contribution is 7.89. The molecule has 0 aliphatic rings. The normalized spacial score (nSPS) is 11.3. The van der Waals surface area contributed by atoms with Gasteiger partial charge in [0, 0.05) is 31.6 Å². The van der Waals surface area contributed by atoms with Gasteiger partial charge < -0.3 is 4.90 Å². The lowest BCUT2D eigenvalue weighted by molar-refractivity contribution is -0.128. The van der Waals surface area contributed by atoms with E-state index in [0.717, 1.165) is 11.1 Å². The lowest BCUT2D eigenvalue weighted by Crippen LogP contribution is -2.38. The van der Waals surface area contributed by atoms with Crippen LogP contribution in [0.4, 0.5) is 0 Å². The molecule has 1 N–H and O–H groups in total. The van der Waals surface area contributed by atoms with E-state index < -0.39 is 10.0 Å². The first-order chi connectivity index (χ1) is 12.3. The Morgan fingerprint density at radius 3 is 2.50 bits per heavy atom. The Morgan fingerprint density at radius 1 is 1.12 bits per heavy atom. The van der Waals surface area contributed by atoms with E-state index in [2.05, 4.69) is 4.72 Å². The summed E-state index contributed by atoms with van der Waals surface area (Å²) in [5.41, 5.74) is 1.91. The van der Waals surface area contributed by atoms with Crippen molar-refractivity contribution < 1.29 is 13.2 Å². The molecule has 2 aromatic carbocycles. The molecule has 0 saturated heterocycles. The van der Waals surface area contributed by atoms with E-state index in [1.165, 1.54) is 6.92 Å². The summed E-state index contributed by atoms with van der Waals surface area (Å²) in [4.78, 5) is 13.7. The van der Waals surface area contributed by atoms with Crippen molar-refractivity contribution in [3.63, 3.8) is 0 Å². The predicted molar refractivity (Wildman–Crippen MR) is 104 cm³/mol. The number of aryl methyl sites for hydroxylation is 1. The zero-order valence-electron chi connectivity index (χ0n) is 14.9. The smallest absolute Gasteiger partial charge is 0.240 e. The Labute approximate surface area is 160 Å². The average molecular weight is 395 g/mol. The highest BCUT2D eigenvalue weighted by atomic mass is 35.5. The Hall–Kier alpha value is -1.89. The third-order valence-electron chi connectivity index (χ3n) is 3.98. The molecule has 0 saturated carbocycles. The van der Waals surface area contributed by atoms with Crippen molar-refractivity contribution in [1.82, 2.24) is 9.62 Å². The van der Waals surface area contributed by atoms with Gasteiger partial charge in [-0.2, -0.15) is 0 Å². The molecule has 0 spiro atoms. The van der Waals surface area contributed by atoms with Gasteiger partial charge in [0.25, 0.3) is 0 Å². The van der Waals surface area contributed by atoms with Crippen LogP contribution in [0.2, 0.25) is 5.02 Å². The molecule has 2 rings (SSSR count). The molecule has 7 heteroatoms. The van der Waals surface area contributed by atoms with Gasteiger partial charge in [-0.3, -0.25) is 4.79 Å². The molecule has 0 bridgehead atoms. The molecule has 2 aromatic rings. The van der Waals surface area contributed by atoms with Crippen LogP contribution in [0.1, 0.15) is 18.1 Å². The molecule has 1 amide bonds. The Balaban J connectivity index is 1.91. The Kier molecular flexibility index (Phi) is 7.20. The second-order valence-electron chi connectivity index (χ2n) is 6.10. The van der Waals surface area contributed by atoms with Gasteiger partial charge in [0.05, 0.1) is 4.90 Å². The lowest BCUT2D eigenvalue weighted by atomic mass is 10.1. The number of hydrogen-bond acceptors (Lipinski definition) is 3. The van der Waals surface area contributed by atoms with E-state index in [0.29, 0.717) is 24.5 Å². The summed E-state index contributed by atoms with van der Waals surface area (Å²) in [6.45, 7) is 4.29. The second kappa shape index (κ2) is 9.16. The number of carbonyl (C=O) groups excluding carboxylic acids is 1. The maximum absolute atomic E-state index is 12.3. The fourth-order valence-corrected chi connectivity index (χ4v) is 3.90. The molecule has 0 fully saturated rings. The van der Waals surface area contributed by atoms with E-state index >= 15 is 0 Å². The van der Waals surface area contributed by atoms with Crippen LogP contribution in [-0.4, -0.2) is 38.9 Å². The third-order valence-corrected chi connectivity index (χ3v) is 5.67. The fourth-order valence-electron chi connectivity index (χ4n) is 2.56. The van der Waals surface area contributed by atoms with Crippen molar-refractivity contribution in [3.05, 3.63) is 64.7 Å². The van der Waals surface area contributed by atoms with Gasteiger partial charge in [0.1, 0.15) is 0 Å². The molecule has 26 heavy (non-hydrogen) atoms. The van der Waals surface area contributed by atoms with Crippen molar-refractivity contribution in [3.8, 4) is 0 Å². The van der Waals surface area contributed by atoms with E-state index in [1.807, 2.05) is 31.2 Å². The highest BCUT2D eigenvalue weighted by Gasteiger charge is 2.15. The highest BCUT2D eigenvalue weighted by Crippen LogP contribution is 2.12. The van der Waals surface area contributed by atoms with Crippen LogP contribution in [0.5, 0.6) is 0 Å². The van der Waals surface area contributed by atoms with Gasteiger partial charge in [0.2, 0.25) is 15.9 Å². The summed E-state index contributed by atoms with van der Waals surface area (Å²) in [7, 11) is -3.58. The van der Waals surface area contributed by atoms with Crippen LogP contribution in [0.25, 0.3) is 0 Å². The number of amides is 1. The van der Waals surface area contributed by atoms with Crippen molar-refractivity contribution in [2.75, 3.05) is 19.6 Å². The average Bonchev–Trinajstić information content (AvgIpc) is 2.57. The van der Waals surface area contributed by atoms with Crippen LogP contribution in [0.3, 0.4) is 0 Å². The molecule has 0 unspecified atom stereocenters.